The highest BCUT2D eigenvalue weighted by atomic mass is 35.5. The zero-order valence-corrected chi connectivity index (χ0v) is 11.4. The third kappa shape index (κ3) is 2.96. The highest BCUT2D eigenvalue weighted by Gasteiger charge is 2.31. The molecular formula is C12H16ClN3O3. The first-order chi connectivity index (χ1) is 9.00. The van der Waals surface area contributed by atoms with Gasteiger partial charge < -0.3 is 10.0 Å². The van der Waals surface area contributed by atoms with E-state index in [2.05, 4.69) is 4.98 Å². The number of likely N-dealkylation sites (N-methyl/N-ethyl adjacent to an activating group) is 1. The number of aromatic nitrogens is 1. The second kappa shape index (κ2) is 5.71. The van der Waals surface area contributed by atoms with Crippen molar-refractivity contribution in [2.45, 2.75) is 37.8 Å². The van der Waals surface area contributed by atoms with Gasteiger partial charge >= 0.3 is 5.69 Å². The van der Waals surface area contributed by atoms with Crippen LogP contribution in [0.5, 0.6) is 0 Å². The van der Waals surface area contributed by atoms with E-state index in [1.165, 1.54) is 12.1 Å². The second-order valence-electron chi connectivity index (χ2n) is 4.76. The van der Waals surface area contributed by atoms with Crippen molar-refractivity contribution in [1.82, 2.24) is 4.98 Å². The van der Waals surface area contributed by atoms with Crippen LogP contribution in [0, 0.1) is 10.1 Å². The van der Waals surface area contributed by atoms with Gasteiger partial charge in [-0.2, -0.15) is 0 Å². The Hall–Kier alpha value is -1.40. The van der Waals surface area contributed by atoms with Gasteiger partial charge in [0.05, 0.1) is 17.1 Å². The fraction of sp³-hybridized carbons (Fsp3) is 0.583. The first kappa shape index (κ1) is 14.0. The number of anilines is 1. The molecule has 0 radical (unpaired) electrons. The van der Waals surface area contributed by atoms with E-state index in [0.717, 1.165) is 19.3 Å². The van der Waals surface area contributed by atoms with Crippen molar-refractivity contribution in [3.05, 3.63) is 27.4 Å². The van der Waals surface area contributed by atoms with Crippen LogP contribution in [0.1, 0.15) is 25.7 Å². The van der Waals surface area contributed by atoms with E-state index in [9.17, 15) is 15.2 Å². The van der Waals surface area contributed by atoms with Crippen LogP contribution in [0.15, 0.2) is 12.1 Å². The summed E-state index contributed by atoms with van der Waals surface area (Å²) in [6.07, 6.45) is 3.00. The zero-order valence-electron chi connectivity index (χ0n) is 10.6. The van der Waals surface area contributed by atoms with Gasteiger partial charge in [0, 0.05) is 13.1 Å². The van der Waals surface area contributed by atoms with Crippen molar-refractivity contribution in [3.8, 4) is 0 Å². The van der Waals surface area contributed by atoms with Gasteiger partial charge in [0.1, 0.15) is 5.15 Å². The molecule has 6 nitrogen and oxygen atoms in total. The maximum atomic E-state index is 11.0. The number of nitro groups is 1. The summed E-state index contributed by atoms with van der Waals surface area (Å²) in [6, 6.07) is 2.59. The molecule has 0 bridgehead atoms. The Balaban J connectivity index is 2.34. The normalized spacial score (nSPS) is 23.1. The van der Waals surface area contributed by atoms with Gasteiger partial charge in [-0.3, -0.25) is 10.1 Å². The number of nitrogens with zero attached hydrogens (tertiary/aromatic N) is 3. The third-order valence-corrected chi connectivity index (χ3v) is 3.75. The SMILES string of the molecule is CN(c1nc(Cl)ccc1[N+](=O)[O-])C1CCCCC1O. The van der Waals surface area contributed by atoms with Crippen LogP contribution in [-0.4, -0.2) is 34.2 Å². The van der Waals surface area contributed by atoms with Gasteiger partial charge in [-0.25, -0.2) is 4.98 Å². The molecule has 1 aliphatic rings. The van der Waals surface area contributed by atoms with Crippen LogP contribution in [0.25, 0.3) is 0 Å². The lowest BCUT2D eigenvalue weighted by Gasteiger charge is -2.35. The molecule has 0 aromatic carbocycles. The molecular weight excluding hydrogens is 270 g/mol. The summed E-state index contributed by atoms with van der Waals surface area (Å²) >= 11 is 5.82. The van der Waals surface area contributed by atoms with Gasteiger partial charge in [-0.05, 0) is 18.9 Å². The van der Waals surface area contributed by atoms with Gasteiger partial charge in [0.2, 0.25) is 5.82 Å². The maximum absolute atomic E-state index is 11.0. The number of pyridine rings is 1. The first-order valence-electron chi connectivity index (χ1n) is 6.22. The lowest BCUT2D eigenvalue weighted by molar-refractivity contribution is -0.384. The van der Waals surface area contributed by atoms with Gasteiger partial charge in [0.15, 0.2) is 0 Å². The lowest BCUT2D eigenvalue weighted by atomic mass is 9.91. The average Bonchev–Trinajstić information content (AvgIpc) is 2.38. The van der Waals surface area contributed by atoms with E-state index in [-0.39, 0.29) is 22.7 Å². The molecule has 104 valence electrons. The molecule has 7 heteroatoms. The number of halogens is 1. The molecule has 1 fully saturated rings. The molecule has 1 aromatic heterocycles. The summed E-state index contributed by atoms with van der Waals surface area (Å²) < 4.78 is 0. The predicted octanol–water partition coefficient (Wildman–Crippen LogP) is 2.38. The second-order valence-corrected chi connectivity index (χ2v) is 5.15. The van der Waals surface area contributed by atoms with Crippen molar-refractivity contribution in [1.29, 1.82) is 0 Å². The number of rotatable bonds is 3. The van der Waals surface area contributed by atoms with E-state index in [1.807, 2.05) is 0 Å². The Morgan fingerprint density at radius 1 is 1.47 bits per heavy atom. The monoisotopic (exact) mass is 285 g/mol. The molecule has 0 amide bonds. The average molecular weight is 286 g/mol. The van der Waals surface area contributed by atoms with Gasteiger partial charge in [-0.1, -0.05) is 24.4 Å². The Bertz CT molecular complexity index is 483. The minimum Gasteiger partial charge on any atom is -0.391 e. The minimum atomic E-state index is -0.487. The molecule has 2 rings (SSSR count). The molecule has 1 aliphatic carbocycles. The summed E-state index contributed by atoms with van der Waals surface area (Å²) in [5.74, 6) is 0.212. The summed E-state index contributed by atoms with van der Waals surface area (Å²) in [7, 11) is 1.71. The summed E-state index contributed by atoms with van der Waals surface area (Å²) in [5, 5.41) is 21.3. The quantitative estimate of drug-likeness (QED) is 0.524. The number of hydrogen-bond acceptors (Lipinski definition) is 5. The maximum Gasteiger partial charge on any atom is 0.311 e. The smallest absolute Gasteiger partial charge is 0.311 e. The number of aliphatic hydroxyl groups excluding tert-OH is 1. The topological polar surface area (TPSA) is 79.5 Å². The van der Waals surface area contributed by atoms with Crippen molar-refractivity contribution >= 4 is 23.1 Å². The molecule has 1 heterocycles. The molecule has 19 heavy (non-hydrogen) atoms. The van der Waals surface area contributed by atoms with Crippen LogP contribution < -0.4 is 4.90 Å². The van der Waals surface area contributed by atoms with E-state index >= 15 is 0 Å². The Labute approximate surface area is 116 Å². The Morgan fingerprint density at radius 2 is 2.16 bits per heavy atom. The van der Waals surface area contributed by atoms with E-state index in [0.29, 0.717) is 6.42 Å². The van der Waals surface area contributed by atoms with Gasteiger partial charge in [0.25, 0.3) is 0 Å². The molecule has 2 unspecified atom stereocenters. The van der Waals surface area contributed by atoms with Crippen LogP contribution in [0.4, 0.5) is 11.5 Å². The zero-order chi connectivity index (χ0) is 14.0. The highest BCUT2D eigenvalue weighted by Crippen LogP contribution is 2.32. The molecule has 0 saturated heterocycles. The van der Waals surface area contributed by atoms with Crippen LogP contribution >= 0.6 is 11.6 Å². The van der Waals surface area contributed by atoms with Crippen molar-refractivity contribution in [2.24, 2.45) is 0 Å². The minimum absolute atomic E-state index is 0.0929. The third-order valence-electron chi connectivity index (χ3n) is 3.54. The van der Waals surface area contributed by atoms with Crippen molar-refractivity contribution in [3.63, 3.8) is 0 Å². The van der Waals surface area contributed by atoms with Crippen LogP contribution in [-0.2, 0) is 0 Å². The van der Waals surface area contributed by atoms with Crippen molar-refractivity contribution < 1.29 is 10.0 Å². The first-order valence-corrected chi connectivity index (χ1v) is 6.60. The highest BCUT2D eigenvalue weighted by molar-refractivity contribution is 6.29. The summed E-state index contributed by atoms with van der Waals surface area (Å²) in [5.41, 5.74) is -0.0929. The van der Waals surface area contributed by atoms with Crippen molar-refractivity contribution in [2.75, 3.05) is 11.9 Å². The van der Waals surface area contributed by atoms with Crippen LogP contribution in [0.2, 0.25) is 5.15 Å². The standard InChI is InChI=1S/C12H16ClN3O3/c1-15(8-4-2-3-5-10(8)17)12-9(16(18)19)6-7-11(13)14-12/h6-8,10,17H,2-5H2,1H3. The Morgan fingerprint density at radius 3 is 2.79 bits per heavy atom. The van der Waals surface area contributed by atoms with E-state index in [1.54, 1.807) is 11.9 Å². The summed E-state index contributed by atoms with van der Waals surface area (Å²) in [6.45, 7) is 0. The number of hydrogen-bond donors (Lipinski definition) is 1. The van der Waals surface area contributed by atoms with E-state index < -0.39 is 11.0 Å². The Kier molecular flexibility index (Phi) is 4.21. The van der Waals surface area contributed by atoms with E-state index in [4.69, 9.17) is 11.6 Å². The fourth-order valence-corrected chi connectivity index (χ4v) is 2.66. The molecule has 1 N–H and O–H groups in total. The molecule has 2 atom stereocenters. The fourth-order valence-electron chi connectivity index (χ4n) is 2.52. The molecule has 0 spiro atoms. The predicted molar refractivity (Wildman–Crippen MR) is 72.6 cm³/mol. The molecule has 0 aliphatic heterocycles. The largest absolute Gasteiger partial charge is 0.391 e. The number of aliphatic hydroxyl groups is 1. The molecule has 1 aromatic rings. The molecule has 1 saturated carbocycles. The lowest BCUT2D eigenvalue weighted by Crippen LogP contribution is -2.44. The van der Waals surface area contributed by atoms with Crippen LogP contribution in [0.3, 0.4) is 0 Å². The summed E-state index contributed by atoms with van der Waals surface area (Å²) in [4.78, 5) is 16.3. The van der Waals surface area contributed by atoms with Gasteiger partial charge in [-0.15, -0.1) is 0 Å².